The van der Waals surface area contributed by atoms with Gasteiger partial charge in [-0.15, -0.1) is 0 Å². The van der Waals surface area contributed by atoms with E-state index in [9.17, 15) is 4.79 Å². The predicted molar refractivity (Wildman–Crippen MR) is 76.1 cm³/mol. The molecule has 0 N–H and O–H groups in total. The van der Waals surface area contributed by atoms with Gasteiger partial charge >= 0.3 is 0 Å². The molecule has 1 amide bonds. The molecular weight excluding hydrogens is 294 g/mol. The summed E-state index contributed by atoms with van der Waals surface area (Å²) < 4.78 is 0. The molecule has 0 spiro atoms. The normalized spacial score (nSPS) is 10.4. The van der Waals surface area contributed by atoms with Gasteiger partial charge < -0.3 is 4.90 Å². The predicted octanol–water partition coefficient (Wildman–Crippen LogP) is 2.73. The second-order valence-corrected chi connectivity index (χ2v) is 5.25. The maximum atomic E-state index is 12.2. The highest BCUT2D eigenvalue weighted by Gasteiger charge is 2.15. The van der Waals surface area contributed by atoms with Crippen LogP contribution in [-0.2, 0) is 0 Å². The molecule has 5 heteroatoms. The molecule has 0 aliphatic rings. The first-order valence-corrected chi connectivity index (χ1v) is 7.30. The van der Waals surface area contributed by atoms with E-state index in [0.29, 0.717) is 11.3 Å². The molecule has 1 aromatic heterocycles. The summed E-state index contributed by atoms with van der Waals surface area (Å²) in [4.78, 5) is 14.0. The fourth-order valence-corrected chi connectivity index (χ4v) is 2.09. The third-order valence-electron chi connectivity index (χ3n) is 2.81. The van der Waals surface area contributed by atoms with Crippen molar-refractivity contribution in [1.82, 2.24) is 15.1 Å². The van der Waals surface area contributed by atoms with Crippen LogP contribution in [0.1, 0.15) is 41.0 Å². The number of carbonyl (C=O) groups is 1. The molecule has 0 aromatic carbocycles. The van der Waals surface area contributed by atoms with Crippen molar-refractivity contribution in [2.45, 2.75) is 33.1 Å². The minimum Gasteiger partial charge on any atom is -0.342 e. The highest BCUT2D eigenvalue weighted by molar-refractivity contribution is 9.09. The van der Waals surface area contributed by atoms with Gasteiger partial charge in [-0.2, -0.15) is 10.2 Å². The first kappa shape index (κ1) is 15.1. The van der Waals surface area contributed by atoms with E-state index in [1.54, 1.807) is 11.0 Å². The van der Waals surface area contributed by atoms with Gasteiger partial charge in [-0.3, -0.25) is 4.79 Å². The minimum atomic E-state index is 0.0318. The third kappa shape index (κ3) is 4.37. The van der Waals surface area contributed by atoms with Crippen molar-refractivity contribution in [1.29, 1.82) is 0 Å². The number of unbranched alkanes of at least 4 members (excludes halogenated alkanes) is 2. The smallest absolute Gasteiger partial charge is 0.255 e. The van der Waals surface area contributed by atoms with E-state index in [1.807, 2.05) is 20.9 Å². The van der Waals surface area contributed by atoms with Crippen molar-refractivity contribution in [3.63, 3.8) is 0 Å². The van der Waals surface area contributed by atoms with Crippen molar-refractivity contribution in [3.05, 3.63) is 23.0 Å². The Morgan fingerprint density at radius 1 is 1.28 bits per heavy atom. The topological polar surface area (TPSA) is 46.1 Å². The third-order valence-corrected chi connectivity index (χ3v) is 3.37. The van der Waals surface area contributed by atoms with Gasteiger partial charge in [0.05, 0.1) is 17.0 Å². The van der Waals surface area contributed by atoms with E-state index >= 15 is 0 Å². The first-order chi connectivity index (χ1) is 8.56. The number of hydrogen-bond donors (Lipinski definition) is 0. The number of aromatic nitrogens is 2. The van der Waals surface area contributed by atoms with Gasteiger partial charge in [-0.1, -0.05) is 22.4 Å². The lowest BCUT2D eigenvalue weighted by Crippen LogP contribution is -2.28. The Morgan fingerprint density at radius 3 is 2.67 bits per heavy atom. The lowest BCUT2D eigenvalue weighted by molar-refractivity contribution is 0.0791. The van der Waals surface area contributed by atoms with Gasteiger partial charge in [0.15, 0.2) is 0 Å². The Kier molecular flexibility index (Phi) is 6.25. The van der Waals surface area contributed by atoms with Crippen LogP contribution in [0.5, 0.6) is 0 Å². The summed E-state index contributed by atoms with van der Waals surface area (Å²) in [6, 6.07) is 1.81. The van der Waals surface area contributed by atoms with E-state index < -0.39 is 0 Å². The molecule has 4 nitrogen and oxygen atoms in total. The Hall–Kier alpha value is -0.970. The Morgan fingerprint density at radius 2 is 2.00 bits per heavy atom. The summed E-state index contributed by atoms with van der Waals surface area (Å²) in [5.41, 5.74) is 2.13. The van der Waals surface area contributed by atoms with E-state index in [-0.39, 0.29) is 5.91 Å². The summed E-state index contributed by atoms with van der Waals surface area (Å²) >= 11 is 3.40. The highest BCUT2D eigenvalue weighted by atomic mass is 79.9. The molecule has 0 unspecified atom stereocenters. The zero-order valence-electron chi connectivity index (χ0n) is 11.2. The van der Waals surface area contributed by atoms with Gasteiger partial charge in [0.25, 0.3) is 5.91 Å². The number of nitrogens with zero attached hydrogens (tertiary/aromatic N) is 3. The fourth-order valence-electron chi connectivity index (χ4n) is 1.69. The van der Waals surface area contributed by atoms with Gasteiger partial charge in [0, 0.05) is 18.9 Å². The van der Waals surface area contributed by atoms with Crippen LogP contribution in [0.2, 0.25) is 0 Å². The molecule has 0 atom stereocenters. The van der Waals surface area contributed by atoms with Crippen molar-refractivity contribution in [3.8, 4) is 0 Å². The highest BCUT2D eigenvalue weighted by Crippen LogP contribution is 2.09. The van der Waals surface area contributed by atoms with Crippen molar-refractivity contribution in [2.75, 3.05) is 18.9 Å². The van der Waals surface area contributed by atoms with E-state index in [0.717, 1.165) is 36.8 Å². The lowest BCUT2D eigenvalue weighted by Gasteiger charge is -2.17. The average Bonchev–Trinajstić information content (AvgIpc) is 2.36. The maximum Gasteiger partial charge on any atom is 0.255 e. The number of rotatable bonds is 6. The largest absolute Gasteiger partial charge is 0.342 e. The fraction of sp³-hybridized carbons (Fsp3) is 0.615. The number of amides is 1. The number of aryl methyl sites for hydroxylation is 2. The quantitative estimate of drug-likeness (QED) is 0.599. The minimum absolute atomic E-state index is 0.0318. The molecule has 1 heterocycles. The summed E-state index contributed by atoms with van der Waals surface area (Å²) in [6.45, 7) is 4.45. The van der Waals surface area contributed by atoms with Crippen LogP contribution in [0.25, 0.3) is 0 Å². The monoisotopic (exact) mass is 313 g/mol. The summed E-state index contributed by atoms with van der Waals surface area (Å²) in [7, 11) is 1.84. The molecule has 100 valence electrons. The Labute approximate surface area is 117 Å². The molecule has 0 aliphatic carbocycles. The van der Waals surface area contributed by atoms with E-state index in [2.05, 4.69) is 26.1 Å². The van der Waals surface area contributed by atoms with Gasteiger partial charge in [0.2, 0.25) is 0 Å². The van der Waals surface area contributed by atoms with Gasteiger partial charge in [0.1, 0.15) is 0 Å². The molecule has 0 fully saturated rings. The van der Waals surface area contributed by atoms with E-state index in [1.165, 1.54) is 0 Å². The first-order valence-electron chi connectivity index (χ1n) is 6.18. The van der Waals surface area contributed by atoms with Crippen LogP contribution in [0, 0.1) is 13.8 Å². The molecule has 0 radical (unpaired) electrons. The average molecular weight is 314 g/mol. The number of halogens is 1. The van der Waals surface area contributed by atoms with Crippen molar-refractivity contribution in [2.24, 2.45) is 0 Å². The molecule has 0 bridgehead atoms. The lowest BCUT2D eigenvalue weighted by atomic mass is 10.1. The van der Waals surface area contributed by atoms with Crippen LogP contribution in [-0.4, -0.2) is 39.9 Å². The number of alkyl halides is 1. The maximum absolute atomic E-state index is 12.2. The Balaban J connectivity index is 2.60. The zero-order valence-corrected chi connectivity index (χ0v) is 12.8. The molecule has 1 rings (SSSR count). The molecule has 18 heavy (non-hydrogen) atoms. The van der Waals surface area contributed by atoms with E-state index in [4.69, 9.17) is 0 Å². The van der Waals surface area contributed by atoms with Crippen LogP contribution < -0.4 is 0 Å². The van der Waals surface area contributed by atoms with Crippen LogP contribution in [0.3, 0.4) is 0 Å². The van der Waals surface area contributed by atoms with Gasteiger partial charge in [-0.05, 0) is 32.8 Å². The van der Waals surface area contributed by atoms with Crippen molar-refractivity contribution < 1.29 is 4.79 Å². The number of hydrogen-bond acceptors (Lipinski definition) is 3. The standard InChI is InChI=1S/C13H20BrN3O/c1-10-9-12(11(2)16-15-10)13(18)17(3)8-6-4-5-7-14/h9H,4-8H2,1-3H3. The second kappa shape index (κ2) is 7.46. The second-order valence-electron chi connectivity index (χ2n) is 4.46. The summed E-state index contributed by atoms with van der Waals surface area (Å²) in [5, 5.41) is 8.95. The van der Waals surface area contributed by atoms with Crippen LogP contribution >= 0.6 is 15.9 Å². The molecular formula is C13H20BrN3O. The number of carbonyl (C=O) groups excluding carboxylic acids is 1. The molecule has 1 aromatic rings. The Bertz CT molecular complexity index is 409. The SMILES string of the molecule is Cc1cc(C(=O)N(C)CCCCCBr)c(C)nn1. The molecule has 0 saturated carbocycles. The molecule has 0 saturated heterocycles. The molecule has 0 aliphatic heterocycles. The van der Waals surface area contributed by atoms with Crippen LogP contribution in [0.15, 0.2) is 6.07 Å². The van der Waals surface area contributed by atoms with Gasteiger partial charge in [-0.25, -0.2) is 0 Å². The summed E-state index contributed by atoms with van der Waals surface area (Å²) in [6.07, 6.45) is 3.32. The van der Waals surface area contributed by atoms with Crippen molar-refractivity contribution >= 4 is 21.8 Å². The summed E-state index contributed by atoms with van der Waals surface area (Å²) in [5.74, 6) is 0.0318. The van der Waals surface area contributed by atoms with Crippen LogP contribution in [0.4, 0.5) is 0 Å². The zero-order chi connectivity index (χ0) is 13.5.